The predicted octanol–water partition coefficient (Wildman–Crippen LogP) is 6.26. The molecule has 2 amide bonds. The molecule has 1 atom stereocenters. The summed E-state index contributed by atoms with van der Waals surface area (Å²) in [5.41, 5.74) is 5.33. The Hall–Kier alpha value is -3.65. The van der Waals surface area contributed by atoms with E-state index in [2.05, 4.69) is 10.6 Å². The van der Waals surface area contributed by atoms with Crippen LogP contribution < -0.4 is 10.6 Å². The third-order valence-electron chi connectivity index (χ3n) is 7.08. The molecular weight excluding hydrogens is 479 g/mol. The first kappa shape index (κ1) is 25.0. The first-order chi connectivity index (χ1) is 17.8. The highest BCUT2D eigenvalue weighted by Gasteiger charge is 2.41. The fourth-order valence-electron chi connectivity index (χ4n) is 5.13. The van der Waals surface area contributed by atoms with Crippen LogP contribution in [0.25, 0.3) is 11.1 Å². The largest absolute Gasteiger partial charge is 0.393 e. The lowest BCUT2D eigenvalue weighted by molar-refractivity contribution is -0.187. The summed E-state index contributed by atoms with van der Waals surface area (Å²) in [6, 6.07) is 20.4. The zero-order chi connectivity index (χ0) is 26.0. The molecule has 2 aliphatic rings. The summed E-state index contributed by atoms with van der Waals surface area (Å²) in [5.74, 6) is -1.71. The molecule has 0 radical (unpaired) electrons. The van der Waals surface area contributed by atoms with E-state index in [1.165, 1.54) is 0 Å². The van der Waals surface area contributed by atoms with Gasteiger partial charge in [0.2, 0.25) is 5.91 Å². The molecule has 2 N–H and O–H groups in total. The Morgan fingerprint density at radius 2 is 1.84 bits per heavy atom. The smallest absolute Gasteiger partial charge is 0.326 e. The Labute approximate surface area is 213 Å². The van der Waals surface area contributed by atoms with Gasteiger partial charge < -0.3 is 10.6 Å². The summed E-state index contributed by atoms with van der Waals surface area (Å²) in [7, 11) is 0. The van der Waals surface area contributed by atoms with Crippen LogP contribution in [0.3, 0.4) is 0 Å². The predicted molar refractivity (Wildman–Crippen MR) is 137 cm³/mol. The molecule has 1 saturated heterocycles. The number of likely N-dealkylation sites (tertiary alicyclic amines) is 1. The minimum absolute atomic E-state index is 0.0466. The second kappa shape index (κ2) is 10.4. The maximum absolute atomic E-state index is 13.4. The van der Waals surface area contributed by atoms with Gasteiger partial charge in [0.1, 0.15) is 0 Å². The first-order valence-electron chi connectivity index (χ1n) is 12.5. The summed E-state index contributed by atoms with van der Waals surface area (Å²) in [5, 5.41) is 5.72. The highest BCUT2D eigenvalue weighted by Crippen LogP contribution is 2.35. The van der Waals surface area contributed by atoms with E-state index in [0.717, 1.165) is 22.3 Å². The standard InChI is InChI=1S/C29H28F3N3O2/c30-29(31,32)23-7-4-14-35(18-23)17-22-15-21(9-12-25(22)19-5-2-1-3-6-19)28(37)33-24-11-8-20-10-13-27(36)34-26(20)16-24/h1-3,5-6,8-9,11-12,15-16,23H,4,7,10,13-14,17-18H2,(H,33,37)(H,34,36). The van der Waals surface area contributed by atoms with Crippen LogP contribution in [0, 0.1) is 5.92 Å². The molecule has 0 aliphatic carbocycles. The van der Waals surface area contributed by atoms with E-state index in [-0.39, 0.29) is 24.8 Å². The summed E-state index contributed by atoms with van der Waals surface area (Å²) >= 11 is 0. The molecule has 37 heavy (non-hydrogen) atoms. The Balaban J connectivity index is 1.40. The van der Waals surface area contributed by atoms with Crippen molar-refractivity contribution < 1.29 is 22.8 Å². The lowest BCUT2D eigenvalue weighted by Crippen LogP contribution is -2.41. The normalized spacial score (nSPS) is 18.1. The number of anilines is 2. The van der Waals surface area contributed by atoms with Gasteiger partial charge >= 0.3 is 6.18 Å². The van der Waals surface area contributed by atoms with Crippen LogP contribution >= 0.6 is 0 Å². The quantitative estimate of drug-likeness (QED) is 0.428. The van der Waals surface area contributed by atoms with Crippen molar-refractivity contribution in [1.82, 2.24) is 4.90 Å². The molecule has 8 heteroatoms. The lowest BCUT2D eigenvalue weighted by Gasteiger charge is -2.34. The maximum Gasteiger partial charge on any atom is 0.393 e. The highest BCUT2D eigenvalue weighted by atomic mass is 19.4. The molecule has 0 aromatic heterocycles. The van der Waals surface area contributed by atoms with Crippen molar-refractivity contribution in [2.24, 2.45) is 5.92 Å². The van der Waals surface area contributed by atoms with E-state index in [4.69, 9.17) is 0 Å². The molecule has 192 valence electrons. The van der Waals surface area contributed by atoms with Crippen LogP contribution in [0.15, 0.2) is 66.7 Å². The number of halogens is 3. The van der Waals surface area contributed by atoms with Crippen LogP contribution in [0.5, 0.6) is 0 Å². The second-order valence-corrected chi connectivity index (χ2v) is 9.73. The van der Waals surface area contributed by atoms with Crippen molar-refractivity contribution in [3.8, 4) is 11.1 Å². The Morgan fingerprint density at radius 3 is 2.62 bits per heavy atom. The molecule has 3 aromatic carbocycles. The topological polar surface area (TPSA) is 61.4 Å². The first-order valence-corrected chi connectivity index (χ1v) is 12.5. The highest BCUT2D eigenvalue weighted by molar-refractivity contribution is 6.05. The summed E-state index contributed by atoms with van der Waals surface area (Å²) in [4.78, 5) is 26.7. The van der Waals surface area contributed by atoms with Gasteiger partial charge in [0.15, 0.2) is 0 Å². The van der Waals surface area contributed by atoms with Gasteiger partial charge in [-0.05, 0) is 72.3 Å². The van der Waals surface area contributed by atoms with Crippen molar-refractivity contribution in [3.63, 3.8) is 0 Å². The number of rotatable bonds is 5. The number of carbonyl (C=O) groups is 2. The Morgan fingerprint density at radius 1 is 1.03 bits per heavy atom. The number of aryl methyl sites for hydroxylation is 1. The molecule has 2 aliphatic heterocycles. The number of amides is 2. The van der Waals surface area contributed by atoms with Gasteiger partial charge in [0, 0.05) is 36.4 Å². The van der Waals surface area contributed by atoms with E-state index in [1.807, 2.05) is 47.4 Å². The minimum Gasteiger partial charge on any atom is -0.326 e. The van der Waals surface area contributed by atoms with Crippen LogP contribution in [0.1, 0.15) is 40.7 Å². The number of fused-ring (bicyclic) bond motifs is 1. The zero-order valence-electron chi connectivity index (χ0n) is 20.3. The SMILES string of the molecule is O=C1CCc2ccc(NC(=O)c3ccc(-c4ccccc4)c(CN4CCCC(C(F)(F)F)C4)c3)cc2N1. The van der Waals surface area contributed by atoms with E-state index >= 15 is 0 Å². The molecule has 3 aromatic rings. The van der Waals surface area contributed by atoms with Gasteiger partial charge in [-0.25, -0.2) is 0 Å². The number of nitrogens with one attached hydrogen (secondary N) is 2. The van der Waals surface area contributed by atoms with Crippen LogP contribution in [-0.2, 0) is 17.8 Å². The number of piperidine rings is 1. The molecule has 0 bridgehead atoms. The fraction of sp³-hybridized carbons (Fsp3) is 0.310. The second-order valence-electron chi connectivity index (χ2n) is 9.73. The zero-order valence-corrected chi connectivity index (χ0v) is 20.3. The summed E-state index contributed by atoms with van der Waals surface area (Å²) in [6.45, 7) is 0.857. The number of hydrogen-bond acceptors (Lipinski definition) is 3. The molecule has 0 saturated carbocycles. The van der Waals surface area contributed by atoms with Crippen molar-refractivity contribution in [2.45, 2.75) is 38.4 Å². The molecule has 5 nitrogen and oxygen atoms in total. The van der Waals surface area contributed by atoms with Crippen molar-refractivity contribution in [1.29, 1.82) is 0 Å². The van der Waals surface area contributed by atoms with Crippen molar-refractivity contribution in [2.75, 3.05) is 23.7 Å². The third kappa shape index (κ3) is 5.85. The monoisotopic (exact) mass is 507 g/mol. The van der Waals surface area contributed by atoms with Crippen LogP contribution in [0.2, 0.25) is 0 Å². The number of nitrogens with zero attached hydrogens (tertiary/aromatic N) is 1. The number of benzene rings is 3. The van der Waals surface area contributed by atoms with Crippen molar-refractivity contribution in [3.05, 3.63) is 83.4 Å². The number of carbonyl (C=O) groups excluding carboxylic acids is 2. The van der Waals surface area contributed by atoms with Gasteiger partial charge in [-0.2, -0.15) is 13.2 Å². The molecule has 2 heterocycles. The minimum atomic E-state index is -4.21. The average Bonchev–Trinajstić information content (AvgIpc) is 2.88. The summed E-state index contributed by atoms with van der Waals surface area (Å²) in [6.07, 6.45) is -2.48. The van der Waals surface area contributed by atoms with E-state index in [9.17, 15) is 22.8 Å². The van der Waals surface area contributed by atoms with Gasteiger partial charge in [-0.15, -0.1) is 0 Å². The van der Waals surface area contributed by atoms with E-state index < -0.39 is 12.1 Å². The average molecular weight is 508 g/mol. The van der Waals surface area contributed by atoms with Crippen LogP contribution in [-0.4, -0.2) is 36.0 Å². The summed E-state index contributed by atoms with van der Waals surface area (Å²) < 4.78 is 40.2. The van der Waals surface area contributed by atoms with Gasteiger partial charge in [0.05, 0.1) is 5.92 Å². The van der Waals surface area contributed by atoms with Gasteiger partial charge in [-0.3, -0.25) is 14.5 Å². The van der Waals surface area contributed by atoms with E-state index in [0.29, 0.717) is 49.3 Å². The third-order valence-corrected chi connectivity index (χ3v) is 7.08. The molecular formula is C29H28F3N3O2. The van der Waals surface area contributed by atoms with E-state index in [1.54, 1.807) is 24.3 Å². The molecule has 5 rings (SSSR count). The molecule has 1 fully saturated rings. The lowest BCUT2D eigenvalue weighted by atomic mass is 9.94. The van der Waals surface area contributed by atoms with Crippen LogP contribution in [0.4, 0.5) is 24.5 Å². The van der Waals surface area contributed by atoms with Gasteiger partial charge in [0.25, 0.3) is 5.91 Å². The fourth-order valence-corrected chi connectivity index (χ4v) is 5.13. The Bertz CT molecular complexity index is 1310. The molecule has 1 unspecified atom stereocenters. The maximum atomic E-state index is 13.4. The number of hydrogen-bond donors (Lipinski definition) is 2. The van der Waals surface area contributed by atoms with Crippen molar-refractivity contribution >= 4 is 23.2 Å². The number of alkyl halides is 3. The van der Waals surface area contributed by atoms with Gasteiger partial charge in [-0.1, -0.05) is 42.5 Å². The molecule has 0 spiro atoms. The Kier molecular flexibility index (Phi) is 7.02.